The fourth-order valence-electron chi connectivity index (χ4n) is 5.48. The van der Waals surface area contributed by atoms with Crippen molar-refractivity contribution < 1.29 is 28.5 Å². The molecule has 158 valence electrons. The average molecular weight is 421 g/mol. The first-order chi connectivity index (χ1) is 15.0. The number of nitrogens with zero attached hydrogens (tertiary/aromatic N) is 2. The van der Waals surface area contributed by atoms with Gasteiger partial charge in [0.25, 0.3) is 0 Å². The van der Waals surface area contributed by atoms with Crippen LogP contribution in [0, 0.1) is 11.3 Å². The van der Waals surface area contributed by atoms with Crippen molar-refractivity contribution in [2.75, 3.05) is 20.6 Å². The maximum atomic E-state index is 11.8. The summed E-state index contributed by atoms with van der Waals surface area (Å²) in [6, 6.07) is 10.1. The molecule has 0 aromatic heterocycles. The van der Waals surface area contributed by atoms with E-state index in [1.807, 2.05) is 36.2 Å². The minimum Gasteiger partial charge on any atom is -0.454 e. The summed E-state index contributed by atoms with van der Waals surface area (Å²) in [5, 5.41) is 10.6. The number of rotatable bonds is 1. The smallest absolute Gasteiger partial charge is 0.404 e. The van der Waals surface area contributed by atoms with Gasteiger partial charge in [0.1, 0.15) is 11.6 Å². The van der Waals surface area contributed by atoms with Gasteiger partial charge >= 0.3 is 6.09 Å². The normalized spacial score (nSPS) is 27.0. The standard InChI is InChI=1S/C22H19N3O6/c1-25-7-13-12(2-3-15-20(13)30-10-27-15)19-18(31-21(24)26)5-11-4-16-17(29-9-28-16)6-14(11)22(19,25)8-23/h2-4,6,18-19H,5,7,9-10H2,1H3,(H2,24,26)/t18-,19?,22?/m0/s1. The molecule has 0 saturated carbocycles. The molecule has 0 spiro atoms. The molecule has 2 N–H and O–H groups in total. The number of benzene rings is 2. The van der Waals surface area contributed by atoms with Gasteiger partial charge in [0.2, 0.25) is 13.6 Å². The second-order valence-corrected chi connectivity index (χ2v) is 8.12. The maximum absolute atomic E-state index is 11.8. The third kappa shape index (κ3) is 2.31. The Morgan fingerprint density at radius 1 is 1.19 bits per heavy atom. The monoisotopic (exact) mass is 421 g/mol. The summed E-state index contributed by atoms with van der Waals surface area (Å²) >= 11 is 0. The van der Waals surface area contributed by atoms with Gasteiger partial charge in [-0.25, -0.2) is 4.79 Å². The molecule has 1 amide bonds. The molecule has 2 aromatic rings. The molecule has 2 unspecified atom stereocenters. The second kappa shape index (κ2) is 6.18. The Kier molecular flexibility index (Phi) is 3.62. The van der Waals surface area contributed by atoms with Gasteiger partial charge in [0.15, 0.2) is 23.0 Å². The van der Waals surface area contributed by atoms with Crippen LogP contribution in [0.1, 0.15) is 28.2 Å². The number of hydrogen-bond donors (Lipinski definition) is 1. The number of likely N-dealkylation sites (N-methyl/N-ethyl adjacent to an activating group) is 1. The van der Waals surface area contributed by atoms with E-state index in [1.54, 1.807) is 0 Å². The van der Waals surface area contributed by atoms with Gasteiger partial charge in [0, 0.05) is 18.5 Å². The third-order valence-electron chi connectivity index (χ3n) is 6.70. The topological polar surface area (TPSA) is 116 Å². The van der Waals surface area contributed by atoms with Crippen LogP contribution < -0.4 is 24.7 Å². The average Bonchev–Trinajstić information content (AvgIpc) is 3.40. The van der Waals surface area contributed by atoms with E-state index in [-0.39, 0.29) is 13.6 Å². The highest BCUT2D eigenvalue weighted by atomic mass is 16.7. The van der Waals surface area contributed by atoms with Gasteiger partial charge in [-0.1, -0.05) is 6.07 Å². The molecule has 9 nitrogen and oxygen atoms in total. The summed E-state index contributed by atoms with van der Waals surface area (Å²) < 4.78 is 28.0. The summed E-state index contributed by atoms with van der Waals surface area (Å²) in [6.45, 7) is 0.741. The maximum Gasteiger partial charge on any atom is 0.404 e. The Morgan fingerprint density at radius 3 is 2.71 bits per heavy atom. The Bertz CT molecular complexity index is 1170. The molecule has 0 bridgehead atoms. The van der Waals surface area contributed by atoms with Crippen molar-refractivity contribution in [2.45, 2.75) is 30.5 Å². The molecular formula is C22H19N3O6. The zero-order valence-corrected chi connectivity index (χ0v) is 16.7. The van der Waals surface area contributed by atoms with Gasteiger partial charge in [0.05, 0.1) is 12.0 Å². The van der Waals surface area contributed by atoms with Crippen LogP contribution in [-0.4, -0.2) is 37.7 Å². The Labute approximate surface area is 177 Å². The van der Waals surface area contributed by atoms with Crippen LogP contribution in [0.5, 0.6) is 23.0 Å². The van der Waals surface area contributed by atoms with Crippen LogP contribution in [0.15, 0.2) is 24.3 Å². The first-order valence-electron chi connectivity index (χ1n) is 9.96. The first-order valence-corrected chi connectivity index (χ1v) is 9.96. The molecule has 3 heterocycles. The van der Waals surface area contributed by atoms with Crippen LogP contribution in [0.4, 0.5) is 4.79 Å². The zero-order valence-electron chi connectivity index (χ0n) is 16.7. The predicted octanol–water partition coefficient (Wildman–Crippen LogP) is 2.11. The summed E-state index contributed by atoms with van der Waals surface area (Å²) in [5.74, 6) is 2.08. The van der Waals surface area contributed by atoms with Crippen LogP contribution in [0.3, 0.4) is 0 Å². The number of ether oxygens (including phenoxy) is 5. The number of nitriles is 1. The quantitative estimate of drug-likeness (QED) is 0.744. The molecule has 1 aliphatic carbocycles. The highest BCUT2D eigenvalue weighted by Gasteiger charge is 2.58. The van der Waals surface area contributed by atoms with Crippen LogP contribution >= 0.6 is 0 Å². The first kappa shape index (κ1) is 18.2. The van der Waals surface area contributed by atoms with E-state index >= 15 is 0 Å². The molecule has 4 aliphatic rings. The van der Waals surface area contributed by atoms with E-state index < -0.39 is 23.7 Å². The van der Waals surface area contributed by atoms with E-state index in [0.29, 0.717) is 36.0 Å². The van der Waals surface area contributed by atoms with E-state index in [1.165, 1.54) is 0 Å². The van der Waals surface area contributed by atoms with Crippen molar-refractivity contribution in [3.8, 4) is 29.1 Å². The van der Waals surface area contributed by atoms with Crippen molar-refractivity contribution in [1.82, 2.24) is 4.90 Å². The van der Waals surface area contributed by atoms with Gasteiger partial charge in [-0.15, -0.1) is 0 Å². The molecule has 6 rings (SSSR count). The number of carbonyl (C=O) groups excluding carboxylic acids is 1. The number of nitrogens with two attached hydrogens (primary N) is 1. The van der Waals surface area contributed by atoms with Crippen molar-refractivity contribution in [2.24, 2.45) is 5.73 Å². The van der Waals surface area contributed by atoms with Crippen molar-refractivity contribution in [3.05, 3.63) is 46.5 Å². The largest absolute Gasteiger partial charge is 0.454 e. The molecule has 3 aliphatic heterocycles. The lowest BCUT2D eigenvalue weighted by atomic mass is 9.62. The molecule has 0 saturated heterocycles. The molecule has 3 atom stereocenters. The Morgan fingerprint density at radius 2 is 1.94 bits per heavy atom. The van der Waals surface area contributed by atoms with Gasteiger partial charge < -0.3 is 29.4 Å². The molecule has 9 heteroatoms. The molecular weight excluding hydrogens is 402 g/mol. The highest BCUT2D eigenvalue weighted by Crippen LogP contribution is 2.57. The third-order valence-corrected chi connectivity index (χ3v) is 6.70. The number of fused-ring (bicyclic) bond motifs is 8. The highest BCUT2D eigenvalue weighted by molar-refractivity contribution is 5.66. The van der Waals surface area contributed by atoms with Gasteiger partial charge in [-0.2, -0.15) is 5.26 Å². The summed E-state index contributed by atoms with van der Waals surface area (Å²) in [5.41, 5.74) is 7.83. The van der Waals surface area contributed by atoms with Gasteiger partial charge in [-0.05, 0) is 41.9 Å². The number of amides is 1. The number of hydrogen-bond acceptors (Lipinski definition) is 8. The number of carbonyl (C=O) groups is 1. The lowest BCUT2D eigenvalue weighted by molar-refractivity contribution is 0.00966. The minimum absolute atomic E-state index is 0.130. The summed E-state index contributed by atoms with van der Waals surface area (Å²) in [4.78, 5) is 13.8. The SMILES string of the molecule is CN1Cc2c(ccc3c2OCO3)C2[C@@H](OC(N)=O)Cc3cc4c(cc3C21C#N)OCO4. The molecule has 0 radical (unpaired) electrons. The van der Waals surface area contributed by atoms with Gasteiger partial charge in [-0.3, -0.25) is 4.90 Å². The Balaban J connectivity index is 1.62. The van der Waals surface area contributed by atoms with Crippen molar-refractivity contribution in [1.29, 1.82) is 5.26 Å². The molecule has 0 fully saturated rings. The summed E-state index contributed by atoms with van der Waals surface area (Å²) in [6.07, 6.45) is -1.13. The lowest BCUT2D eigenvalue weighted by Crippen LogP contribution is -2.57. The van der Waals surface area contributed by atoms with E-state index in [4.69, 9.17) is 29.4 Å². The van der Waals surface area contributed by atoms with E-state index in [0.717, 1.165) is 22.3 Å². The zero-order chi connectivity index (χ0) is 21.3. The van der Waals surface area contributed by atoms with E-state index in [2.05, 4.69) is 6.07 Å². The van der Waals surface area contributed by atoms with Crippen molar-refractivity contribution >= 4 is 6.09 Å². The Hall–Kier alpha value is -3.64. The molecule has 2 aromatic carbocycles. The minimum atomic E-state index is -1.10. The fourth-order valence-corrected chi connectivity index (χ4v) is 5.48. The number of primary amides is 1. The van der Waals surface area contributed by atoms with Crippen LogP contribution in [0.2, 0.25) is 0 Å². The van der Waals surface area contributed by atoms with Crippen LogP contribution in [-0.2, 0) is 23.2 Å². The van der Waals surface area contributed by atoms with Crippen molar-refractivity contribution in [3.63, 3.8) is 0 Å². The predicted molar refractivity (Wildman–Crippen MR) is 105 cm³/mol. The lowest BCUT2D eigenvalue weighted by Gasteiger charge is -2.52. The van der Waals surface area contributed by atoms with E-state index in [9.17, 15) is 10.1 Å². The molecule has 31 heavy (non-hydrogen) atoms. The van der Waals surface area contributed by atoms with Crippen LogP contribution in [0.25, 0.3) is 0 Å². The summed E-state index contributed by atoms with van der Waals surface area (Å²) in [7, 11) is 1.88. The fraction of sp³-hybridized carbons (Fsp3) is 0.364. The second-order valence-electron chi connectivity index (χ2n) is 8.12.